The molecular weight excluding hydrogens is 308 g/mol. The third-order valence-corrected chi connectivity index (χ3v) is 4.36. The largest absolute Gasteiger partial charge is 0.331 e. The van der Waals surface area contributed by atoms with Gasteiger partial charge in [-0.15, -0.1) is 0 Å². The number of aromatic nitrogens is 1. The molecule has 0 fully saturated rings. The van der Waals surface area contributed by atoms with E-state index in [4.69, 9.17) is 0 Å². The van der Waals surface area contributed by atoms with Crippen molar-refractivity contribution in [2.75, 3.05) is 5.32 Å². The first-order valence-corrected chi connectivity index (χ1v) is 7.23. The molecule has 0 atom stereocenters. The van der Waals surface area contributed by atoms with Gasteiger partial charge < -0.3 is 5.32 Å². The summed E-state index contributed by atoms with van der Waals surface area (Å²) in [5.41, 5.74) is 3.33. The lowest BCUT2D eigenvalue weighted by Crippen LogP contribution is -1.89. The summed E-state index contributed by atoms with van der Waals surface area (Å²) in [4.78, 5) is 4.64. The third-order valence-electron chi connectivity index (χ3n) is 2.74. The van der Waals surface area contributed by atoms with E-state index in [1.165, 1.54) is 10.3 Å². The number of anilines is 2. The molecular formula is C14H11BrN2S. The molecule has 1 aromatic heterocycles. The van der Waals surface area contributed by atoms with Crippen LogP contribution in [0.15, 0.2) is 46.9 Å². The van der Waals surface area contributed by atoms with Crippen LogP contribution in [0.3, 0.4) is 0 Å². The topological polar surface area (TPSA) is 24.9 Å². The van der Waals surface area contributed by atoms with Crippen LogP contribution in [0.1, 0.15) is 5.56 Å². The normalized spacial score (nSPS) is 10.8. The second kappa shape index (κ2) is 4.71. The van der Waals surface area contributed by atoms with Crippen LogP contribution in [0.25, 0.3) is 10.2 Å². The summed E-state index contributed by atoms with van der Waals surface area (Å²) in [5, 5.41) is 4.27. The molecule has 0 spiro atoms. The van der Waals surface area contributed by atoms with Crippen molar-refractivity contribution in [2.24, 2.45) is 0 Å². The molecule has 0 aliphatic carbocycles. The Labute approximate surface area is 118 Å². The SMILES string of the molecule is Cc1cccc2sc(Nc3ccccc3Br)nc12. The number of hydrogen-bond acceptors (Lipinski definition) is 3. The van der Waals surface area contributed by atoms with Crippen molar-refractivity contribution in [3.63, 3.8) is 0 Å². The summed E-state index contributed by atoms with van der Waals surface area (Å²) in [7, 11) is 0. The number of halogens is 1. The molecule has 2 nitrogen and oxygen atoms in total. The Hall–Kier alpha value is -1.39. The summed E-state index contributed by atoms with van der Waals surface area (Å²) >= 11 is 5.20. The van der Waals surface area contributed by atoms with Gasteiger partial charge in [0.25, 0.3) is 0 Å². The quantitative estimate of drug-likeness (QED) is 0.710. The van der Waals surface area contributed by atoms with Crippen molar-refractivity contribution < 1.29 is 0 Å². The Morgan fingerprint density at radius 1 is 1.11 bits per heavy atom. The maximum absolute atomic E-state index is 4.64. The van der Waals surface area contributed by atoms with E-state index in [-0.39, 0.29) is 0 Å². The van der Waals surface area contributed by atoms with Crippen LogP contribution in [-0.2, 0) is 0 Å². The number of nitrogens with zero attached hydrogens (tertiary/aromatic N) is 1. The number of benzene rings is 2. The smallest absolute Gasteiger partial charge is 0.188 e. The van der Waals surface area contributed by atoms with E-state index in [0.29, 0.717) is 0 Å². The molecule has 90 valence electrons. The fourth-order valence-electron chi connectivity index (χ4n) is 1.82. The van der Waals surface area contributed by atoms with Crippen LogP contribution >= 0.6 is 27.3 Å². The Morgan fingerprint density at radius 3 is 2.72 bits per heavy atom. The summed E-state index contributed by atoms with van der Waals surface area (Å²) in [5.74, 6) is 0. The lowest BCUT2D eigenvalue weighted by molar-refractivity contribution is 1.40. The van der Waals surface area contributed by atoms with Gasteiger partial charge in [0.1, 0.15) is 0 Å². The number of hydrogen-bond donors (Lipinski definition) is 1. The minimum absolute atomic E-state index is 0.922. The van der Waals surface area contributed by atoms with Crippen LogP contribution in [0.5, 0.6) is 0 Å². The molecule has 1 heterocycles. The fraction of sp³-hybridized carbons (Fsp3) is 0.0714. The molecule has 0 saturated heterocycles. The third kappa shape index (κ3) is 2.13. The predicted molar refractivity (Wildman–Crippen MR) is 81.8 cm³/mol. The minimum Gasteiger partial charge on any atom is -0.331 e. The number of nitrogens with one attached hydrogen (secondary N) is 1. The monoisotopic (exact) mass is 318 g/mol. The average molecular weight is 319 g/mol. The average Bonchev–Trinajstić information content (AvgIpc) is 2.76. The van der Waals surface area contributed by atoms with E-state index in [1.807, 2.05) is 24.3 Å². The lowest BCUT2D eigenvalue weighted by atomic mass is 10.2. The van der Waals surface area contributed by atoms with Gasteiger partial charge >= 0.3 is 0 Å². The molecule has 0 unspecified atom stereocenters. The Morgan fingerprint density at radius 2 is 1.94 bits per heavy atom. The zero-order valence-electron chi connectivity index (χ0n) is 9.77. The second-order valence-corrected chi connectivity index (χ2v) is 5.93. The molecule has 0 saturated carbocycles. The number of para-hydroxylation sites is 2. The van der Waals surface area contributed by atoms with Crippen molar-refractivity contribution in [1.29, 1.82) is 0 Å². The van der Waals surface area contributed by atoms with Crippen LogP contribution in [0.2, 0.25) is 0 Å². The molecule has 3 aromatic rings. The first-order chi connectivity index (χ1) is 8.74. The van der Waals surface area contributed by atoms with Gasteiger partial charge in [0.2, 0.25) is 0 Å². The van der Waals surface area contributed by atoms with Crippen molar-refractivity contribution in [3.8, 4) is 0 Å². The molecule has 4 heteroatoms. The van der Waals surface area contributed by atoms with Gasteiger partial charge in [-0.3, -0.25) is 0 Å². The van der Waals surface area contributed by atoms with Crippen molar-refractivity contribution in [2.45, 2.75) is 6.92 Å². The highest BCUT2D eigenvalue weighted by Crippen LogP contribution is 2.32. The Bertz CT molecular complexity index is 706. The lowest BCUT2D eigenvalue weighted by Gasteiger charge is -2.03. The van der Waals surface area contributed by atoms with Gasteiger partial charge in [-0.1, -0.05) is 35.6 Å². The van der Waals surface area contributed by atoms with Crippen LogP contribution < -0.4 is 5.32 Å². The highest BCUT2D eigenvalue weighted by Gasteiger charge is 2.06. The van der Waals surface area contributed by atoms with E-state index in [1.54, 1.807) is 11.3 Å². The molecule has 18 heavy (non-hydrogen) atoms. The first-order valence-electron chi connectivity index (χ1n) is 5.62. The number of fused-ring (bicyclic) bond motifs is 1. The fourth-order valence-corrected chi connectivity index (χ4v) is 3.16. The second-order valence-electron chi connectivity index (χ2n) is 4.05. The molecule has 0 radical (unpaired) electrons. The zero-order valence-corrected chi connectivity index (χ0v) is 12.2. The molecule has 0 aliphatic rings. The summed E-state index contributed by atoms with van der Waals surface area (Å²) in [6.45, 7) is 2.09. The number of aryl methyl sites for hydroxylation is 1. The predicted octanol–water partition coefficient (Wildman–Crippen LogP) is 5.11. The van der Waals surface area contributed by atoms with Crippen molar-refractivity contribution >= 4 is 48.3 Å². The summed E-state index contributed by atoms with van der Waals surface area (Å²) in [6, 6.07) is 14.3. The number of thiazole rings is 1. The Balaban J connectivity index is 2.01. The van der Waals surface area contributed by atoms with Crippen molar-refractivity contribution in [3.05, 3.63) is 52.5 Å². The van der Waals surface area contributed by atoms with Gasteiger partial charge in [0, 0.05) is 4.47 Å². The molecule has 0 bridgehead atoms. The van der Waals surface area contributed by atoms with Gasteiger partial charge in [-0.2, -0.15) is 0 Å². The molecule has 3 rings (SSSR count). The van der Waals surface area contributed by atoms with Crippen LogP contribution in [-0.4, -0.2) is 4.98 Å². The highest BCUT2D eigenvalue weighted by atomic mass is 79.9. The van der Waals surface area contributed by atoms with Crippen molar-refractivity contribution in [1.82, 2.24) is 4.98 Å². The summed E-state index contributed by atoms with van der Waals surface area (Å²) in [6.07, 6.45) is 0. The molecule has 2 aromatic carbocycles. The van der Waals surface area contributed by atoms with Gasteiger partial charge in [0.15, 0.2) is 5.13 Å². The van der Waals surface area contributed by atoms with E-state index in [2.05, 4.69) is 51.4 Å². The van der Waals surface area contributed by atoms with Gasteiger partial charge in [-0.05, 0) is 46.6 Å². The first kappa shape index (κ1) is 11.7. The highest BCUT2D eigenvalue weighted by molar-refractivity contribution is 9.10. The zero-order chi connectivity index (χ0) is 12.5. The van der Waals surface area contributed by atoms with E-state index in [9.17, 15) is 0 Å². The van der Waals surface area contributed by atoms with E-state index >= 15 is 0 Å². The minimum atomic E-state index is 0.922. The maximum Gasteiger partial charge on any atom is 0.188 e. The molecule has 1 N–H and O–H groups in total. The van der Waals surface area contributed by atoms with Crippen LogP contribution in [0, 0.1) is 6.92 Å². The van der Waals surface area contributed by atoms with E-state index in [0.717, 1.165) is 20.8 Å². The van der Waals surface area contributed by atoms with Crippen LogP contribution in [0.4, 0.5) is 10.8 Å². The van der Waals surface area contributed by atoms with Gasteiger partial charge in [-0.25, -0.2) is 4.98 Å². The standard InChI is InChI=1S/C14H11BrN2S/c1-9-5-4-8-12-13(9)17-14(18-12)16-11-7-3-2-6-10(11)15/h2-8H,1H3,(H,16,17). The molecule has 0 aliphatic heterocycles. The van der Waals surface area contributed by atoms with E-state index < -0.39 is 0 Å². The number of rotatable bonds is 2. The molecule has 0 amide bonds. The Kier molecular flexibility index (Phi) is 3.06. The summed E-state index contributed by atoms with van der Waals surface area (Å²) < 4.78 is 2.26. The van der Waals surface area contributed by atoms with Gasteiger partial charge in [0.05, 0.1) is 15.9 Å². The maximum atomic E-state index is 4.64.